The Hall–Kier alpha value is -1.55. The Morgan fingerprint density at radius 3 is 2.59 bits per heavy atom. The van der Waals surface area contributed by atoms with Gasteiger partial charge in [-0.05, 0) is 50.2 Å². The SMILES string of the molecule is CCn1cc(O)n(-c2cccc(C)c2C)c1=S. The van der Waals surface area contributed by atoms with Crippen LogP contribution in [0.4, 0.5) is 0 Å². The van der Waals surface area contributed by atoms with Gasteiger partial charge in [0.2, 0.25) is 5.88 Å². The summed E-state index contributed by atoms with van der Waals surface area (Å²) < 4.78 is 4.19. The van der Waals surface area contributed by atoms with Crippen LogP contribution in [0.25, 0.3) is 5.69 Å². The summed E-state index contributed by atoms with van der Waals surface area (Å²) in [5, 5.41) is 9.99. The van der Waals surface area contributed by atoms with Crippen LogP contribution in [-0.2, 0) is 6.54 Å². The molecule has 90 valence electrons. The van der Waals surface area contributed by atoms with Gasteiger partial charge in [-0.25, -0.2) is 0 Å². The minimum absolute atomic E-state index is 0.186. The van der Waals surface area contributed by atoms with E-state index in [4.69, 9.17) is 12.2 Å². The Balaban J connectivity index is 2.73. The first-order chi connectivity index (χ1) is 8.06. The normalized spacial score (nSPS) is 10.8. The van der Waals surface area contributed by atoms with Crippen molar-refractivity contribution in [3.05, 3.63) is 40.3 Å². The van der Waals surface area contributed by atoms with Crippen molar-refractivity contribution in [1.29, 1.82) is 0 Å². The smallest absolute Gasteiger partial charge is 0.214 e. The number of imidazole rings is 1. The molecule has 1 aromatic carbocycles. The van der Waals surface area contributed by atoms with Gasteiger partial charge in [0.1, 0.15) is 0 Å². The summed E-state index contributed by atoms with van der Waals surface area (Å²) in [4.78, 5) is 0. The zero-order chi connectivity index (χ0) is 12.6. The van der Waals surface area contributed by atoms with Crippen LogP contribution >= 0.6 is 12.2 Å². The molecule has 0 bridgehead atoms. The predicted molar refractivity (Wildman–Crippen MR) is 71.4 cm³/mol. The Morgan fingerprint density at radius 1 is 1.29 bits per heavy atom. The van der Waals surface area contributed by atoms with Crippen molar-refractivity contribution in [3.8, 4) is 11.6 Å². The molecular weight excluding hydrogens is 232 g/mol. The van der Waals surface area contributed by atoms with E-state index in [0.29, 0.717) is 4.77 Å². The molecule has 3 nitrogen and oxygen atoms in total. The zero-order valence-electron chi connectivity index (χ0n) is 10.3. The molecule has 0 radical (unpaired) electrons. The molecule has 2 aromatic rings. The van der Waals surface area contributed by atoms with Crippen LogP contribution < -0.4 is 0 Å². The maximum absolute atomic E-state index is 9.99. The van der Waals surface area contributed by atoms with Crippen molar-refractivity contribution in [3.63, 3.8) is 0 Å². The summed E-state index contributed by atoms with van der Waals surface area (Å²) >= 11 is 5.36. The lowest BCUT2D eigenvalue weighted by Crippen LogP contribution is -2.00. The third-order valence-electron chi connectivity index (χ3n) is 3.10. The first-order valence-electron chi connectivity index (χ1n) is 5.64. The van der Waals surface area contributed by atoms with Crippen LogP contribution in [0.3, 0.4) is 0 Å². The molecule has 1 aromatic heterocycles. The van der Waals surface area contributed by atoms with Crippen LogP contribution in [0.2, 0.25) is 0 Å². The van der Waals surface area contributed by atoms with Gasteiger partial charge in [-0.3, -0.25) is 4.57 Å². The highest BCUT2D eigenvalue weighted by atomic mass is 32.1. The fourth-order valence-corrected chi connectivity index (χ4v) is 2.28. The van der Waals surface area contributed by atoms with Crippen LogP contribution in [0.15, 0.2) is 24.4 Å². The highest BCUT2D eigenvalue weighted by molar-refractivity contribution is 7.71. The van der Waals surface area contributed by atoms with E-state index in [2.05, 4.69) is 13.0 Å². The zero-order valence-corrected chi connectivity index (χ0v) is 11.1. The van der Waals surface area contributed by atoms with Crippen LogP contribution in [0.5, 0.6) is 5.88 Å². The van der Waals surface area contributed by atoms with E-state index in [1.807, 2.05) is 30.5 Å². The van der Waals surface area contributed by atoms with Crippen molar-refractivity contribution < 1.29 is 5.11 Å². The lowest BCUT2D eigenvalue weighted by molar-refractivity contribution is 0.441. The number of aryl methyl sites for hydroxylation is 2. The van der Waals surface area contributed by atoms with E-state index < -0.39 is 0 Å². The lowest BCUT2D eigenvalue weighted by Gasteiger charge is -2.10. The van der Waals surface area contributed by atoms with Gasteiger partial charge in [0.25, 0.3) is 0 Å². The van der Waals surface area contributed by atoms with Crippen molar-refractivity contribution in [2.45, 2.75) is 27.3 Å². The third-order valence-corrected chi connectivity index (χ3v) is 3.51. The minimum atomic E-state index is 0.186. The second-order valence-corrected chi connectivity index (χ2v) is 4.48. The highest BCUT2D eigenvalue weighted by Gasteiger charge is 2.11. The van der Waals surface area contributed by atoms with E-state index >= 15 is 0 Å². The molecule has 1 N–H and O–H groups in total. The number of aromatic nitrogens is 2. The molecule has 4 heteroatoms. The maximum atomic E-state index is 9.99. The fraction of sp³-hybridized carbons (Fsp3) is 0.308. The minimum Gasteiger partial charge on any atom is -0.493 e. The Kier molecular flexibility index (Phi) is 3.07. The summed E-state index contributed by atoms with van der Waals surface area (Å²) in [6.07, 6.45) is 1.67. The van der Waals surface area contributed by atoms with Gasteiger partial charge in [-0.15, -0.1) is 0 Å². The van der Waals surface area contributed by atoms with E-state index in [1.54, 1.807) is 10.8 Å². The number of aromatic hydroxyl groups is 1. The number of nitrogens with zero attached hydrogens (tertiary/aromatic N) is 2. The van der Waals surface area contributed by atoms with Gasteiger partial charge in [0.15, 0.2) is 4.77 Å². The van der Waals surface area contributed by atoms with Gasteiger partial charge in [0.05, 0.1) is 11.9 Å². The average molecular weight is 248 g/mol. The first-order valence-corrected chi connectivity index (χ1v) is 6.04. The van der Waals surface area contributed by atoms with Gasteiger partial charge >= 0.3 is 0 Å². The van der Waals surface area contributed by atoms with Crippen molar-refractivity contribution in [2.24, 2.45) is 0 Å². The molecule has 2 rings (SSSR count). The molecule has 1 heterocycles. The monoisotopic (exact) mass is 248 g/mol. The highest BCUT2D eigenvalue weighted by Crippen LogP contribution is 2.24. The molecule has 0 atom stereocenters. The number of hydrogen-bond donors (Lipinski definition) is 1. The van der Waals surface area contributed by atoms with Gasteiger partial charge in [0, 0.05) is 6.54 Å². The van der Waals surface area contributed by atoms with Gasteiger partial charge in [-0.2, -0.15) is 0 Å². The quantitative estimate of drug-likeness (QED) is 0.826. The van der Waals surface area contributed by atoms with E-state index in [9.17, 15) is 5.11 Å². The Morgan fingerprint density at radius 2 is 2.00 bits per heavy atom. The van der Waals surface area contributed by atoms with Gasteiger partial charge < -0.3 is 9.67 Å². The third kappa shape index (κ3) is 1.89. The van der Waals surface area contributed by atoms with E-state index in [0.717, 1.165) is 17.8 Å². The average Bonchev–Trinajstić information content (AvgIpc) is 2.58. The van der Waals surface area contributed by atoms with E-state index in [1.165, 1.54) is 5.56 Å². The number of benzene rings is 1. The van der Waals surface area contributed by atoms with Crippen molar-refractivity contribution in [2.75, 3.05) is 0 Å². The summed E-state index contributed by atoms with van der Waals surface area (Å²) in [6.45, 7) is 6.85. The molecule has 0 aliphatic carbocycles. The molecular formula is C13H16N2OS. The first kappa shape index (κ1) is 11.9. The molecule has 0 saturated carbocycles. The van der Waals surface area contributed by atoms with Crippen LogP contribution in [0.1, 0.15) is 18.1 Å². The molecule has 0 unspecified atom stereocenters. The molecule has 0 aliphatic heterocycles. The summed E-state index contributed by atoms with van der Waals surface area (Å²) in [6, 6.07) is 6.00. The molecule has 0 aliphatic rings. The predicted octanol–water partition coefficient (Wildman–Crippen LogP) is 3.35. The largest absolute Gasteiger partial charge is 0.493 e. The molecule has 0 spiro atoms. The number of rotatable bonds is 2. The second kappa shape index (κ2) is 4.37. The summed E-state index contributed by atoms with van der Waals surface area (Å²) in [5.41, 5.74) is 3.26. The standard InChI is InChI=1S/C13H16N2OS/c1-4-14-8-12(16)15(13(14)17)11-7-5-6-9(2)10(11)3/h5-8,16H,4H2,1-3H3. The summed E-state index contributed by atoms with van der Waals surface area (Å²) in [5.74, 6) is 0.186. The fourth-order valence-electron chi connectivity index (χ4n) is 1.91. The number of hydrogen-bond acceptors (Lipinski definition) is 2. The Bertz CT molecular complexity index is 610. The Labute approximate surface area is 106 Å². The second-order valence-electron chi connectivity index (χ2n) is 4.11. The molecule has 0 amide bonds. The molecule has 0 saturated heterocycles. The van der Waals surface area contributed by atoms with Crippen molar-refractivity contribution in [1.82, 2.24) is 9.13 Å². The van der Waals surface area contributed by atoms with E-state index in [-0.39, 0.29) is 5.88 Å². The molecule has 17 heavy (non-hydrogen) atoms. The summed E-state index contributed by atoms with van der Waals surface area (Å²) in [7, 11) is 0. The van der Waals surface area contributed by atoms with Crippen LogP contribution in [-0.4, -0.2) is 14.2 Å². The topological polar surface area (TPSA) is 30.1 Å². The van der Waals surface area contributed by atoms with Crippen LogP contribution in [0, 0.1) is 18.6 Å². The van der Waals surface area contributed by atoms with Crippen molar-refractivity contribution >= 4 is 12.2 Å². The lowest BCUT2D eigenvalue weighted by atomic mass is 10.1. The maximum Gasteiger partial charge on any atom is 0.214 e. The van der Waals surface area contributed by atoms with Gasteiger partial charge in [-0.1, -0.05) is 12.1 Å². The molecule has 0 fully saturated rings.